The van der Waals surface area contributed by atoms with Crippen LogP contribution in [0, 0.1) is 13.8 Å². The molecule has 2 aromatic heterocycles. The molecule has 3 rings (SSSR count). The molecule has 0 aliphatic carbocycles. The lowest BCUT2D eigenvalue weighted by Gasteiger charge is -2.00. The van der Waals surface area contributed by atoms with Crippen LogP contribution >= 0.6 is 0 Å². The molecule has 5 heteroatoms. The number of hydrogen-bond acceptors (Lipinski definition) is 4. The van der Waals surface area contributed by atoms with Gasteiger partial charge in [0.05, 0.1) is 18.5 Å². The van der Waals surface area contributed by atoms with Gasteiger partial charge in [0.15, 0.2) is 5.82 Å². The van der Waals surface area contributed by atoms with Crippen LogP contribution in [0.1, 0.15) is 11.3 Å². The minimum atomic E-state index is 0.747. The monoisotopic (exact) mass is 280 g/mol. The van der Waals surface area contributed by atoms with Gasteiger partial charge in [-0.05, 0) is 37.6 Å². The van der Waals surface area contributed by atoms with Crippen molar-refractivity contribution in [1.82, 2.24) is 9.38 Å². The molecule has 0 saturated heterocycles. The Morgan fingerprint density at radius 3 is 2.76 bits per heavy atom. The van der Waals surface area contributed by atoms with Crippen LogP contribution in [0.5, 0.6) is 5.75 Å². The van der Waals surface area contributed by atoms with Crippen LogP contribution in [0.25, 0.3) is 5.65 Å². The van der Waals surface area contributed by atoms with Crippen LogP contribution in [0.15, 0.2) is 52.8 Å². The van der Waals surface area contributed by atoms with Gasteiger partial charge in [-0.25, -0.2) is 4.98 Å². The molecule has 0 atom stereocenters. The molecule has 0 aliphatic rings. The average molecular weight is 280 g/mol. The van der Waals surface area contributed by atoms with E-state index in [4.69, 9.17) is 4.74 Å². The standard InChI is InChI=1S/C16H16N4O/c1-11-7-8-15-17-12(2)16(20(15)10-11)19-18-13-5-4-6-14(9-13)21-3/h4-10H,1-3H3. The molecule has 0 amide bonds. The van der Waals surface area contributed by atoms with Crippen molar-refractivity contribution in [1.29, 1.82) is 0 Å². The lowest BCUT2D eigenvalue weighted by Crippen LogP contribution is -1.84. The third-order valence-electron chi connectivity index (χ3n) is 3.22. The fourth-order valence-corrected chi connectivity index (χ4v) is 2.15. The summed E-state index contributed by atoms with van der Waals surface area (Å²) >= 11 is 0. The molecule has 0 unspecified atom stereocenters. The summed E-state index contributed by atoms with van der Waals surface area (Å²) in [4.78, 5) is 4.48. The fourth-order valence-electron chi connectivity index (χ4n) is 2.15. The molecule has 0 fully saturated rings. The van der Waals surface area contributed by atoms with E-state index in [0.717, 1.165) is 34.2 Å². The minimum Gasteiger partial charge on any atom is -0.497 e. The van der Waals surface area contributed by atoms with Gasteiger partial charge in [0, 0.05) is 12.3 Å². The highest BCUT2D eigenvalue weighted by atomic mass is 16.5. The van der Waals surface area contributed by atoms with Crippen molar-refractivity contribution in [3.8, 4) is 5.75 Å². The van der Waals surface area contributed by atoms with Gasteiger partial charge in [-0.3, -0.25) is 4.40 Å². The summed E-state index contributed by atoms with van der Waals surface area (Å²) in [5.74, 6) is 1.51. The van der Waals surface area contributed by atoms with Gasteiger partial charge in [-0.15, -0.1) is 10.2 Å². The number of rotatable bonds is 3. The zero-order valence-electron chi connectivity index (χ0n) is 12.2. The van der Waals surface area contributed by atoms with Crippen molar-refractivity contribution in [2.45, 2.75) is 13.8 Å². The maximum Gasteiger partial charge on any atom is 0.182 e. The Kier molecular flexibility index (Phi) is 3.39. The number of imidazole rings is 1. The number of hydrogen-bond donors (Lipinski definition) is 0. The predicted octanol–water partition coefficient (Wildman–Crippen LogP) is 4.38. The van der Waals surface area contributed by atoms with Crippen LogP contribution in [0.3, 0.4) is 0 Å². The highest BCUT2D eigenvalue weighted by molar-refractivity contribution is 5.52. The smallest absolute Gasteiger partial charge is 0.182 e. The van der Waals surface area contributed by atoms with E-state index in [-0.39, 0.29) is 0 Å². The van der Waals surface area contributed by atoms with Crippen LogP contribution in [0.4, 0.5) is 11.5 Å². The number of azo groups is 1. The third kappa shape index (κ3) is 2.63. The van der Waals surface area contributed by atoms with Gasteiger partial charge in [-0.1, -0.05) is 12.1 Å². The Balaban J connectivity index is 2.02. The predicted molar refractivity (Wildman–Crippen MR) is 81.8 cm³/mol. The van der Waals surface area contributed by atoms with E-state index in [1.807, 2.05) is 60.8 Å². The summed E-state index contributed by atoms with van der Waals surface area (Å²) in [5.41, 5.74) is 3.62. The summed E-state index contributed by atoms with van der Waals surface area (Å²) in [5, 5.41) is 8.63. The Morgan fingerprint density at radius 1 is 1.10 bits per heavy atom. The minimum absolute atomic E-state index is 0.747. The second kappa shape index (κ2) is 5.36. The lowest BCUT2D eigenvalue weighted by molar-refractivity contribution is 0.415. The topological polar surface area (TPSA) is 51.2 Å². The lowest BCUT2D eigenvalue weighted by atomic mass is 10.3. The summed E-state index contributed by atoms with van der Waals surface area (Å²) < 4.78 is 7.14. The highest BCUT2D eigenvalue weighted by Gasteiger charge is 2.07. The van der Waals surface area contributed by atoms with Gasteiger partial charge < -0.3 is 4.74 Å². The summed E-state index contributed by atoms with van der Waals surface area (Å²) in [6.07, 6.45) is 2.01. The molecule has 5 nitrogen and oxygen atoms in total. The number of aryl methyl sites for hydroxylation is 2. The average Bonchev–Trinajstić information content (AvgIpc) is 2.80. The van der Waals surface area contributed by atoms with Crippen molar-refractivity contribution in [2.24, 2.45) is 10.2 Å². The van der Waals surface area contributed by atoms with Crippen molar-refractivity contribution in [3.63, 3.8) is 0 Å². The normalized spacial score (nSPS) is 11.4. The number of pyridine rings is 1. The van der Waals surface area contributed by atoms with E-state index in [1.165, 1.54) is 0 Å². The van der Waals surface area contributed by atoms with Crippen LogP contribution in [-0.2, 0) is 0 Å². The maximum absolute atomic E-state index is 5.18. The van der Waals surface area contributed by atoms with E-state index < -0.39 is 0 Å². The van der Waals surface area contributed by atoms with Crippen molar-refractivity contribution < 1.29 is 4.74 Å². The first-order valence-corrected chi connectivity index (χ1v) is 6.68. The molecule has 0 spiro atoms. The number of methoxy groups -OCH3 is 1. The summed E-state index contributed by atoms with van der Waals surface area (Å²) in [6.45, 7) is 3.97. The van der Waals surface area contributed by atoms with E-state index >= 15 is 0 Å². The molecular weight excluding hydrogens is 264 g/mol. The molecular formula is C16H16N4O. The molecule has 21 heavy (non-hydrogen) atoms. The Bertz CT molecular complexity index is 820. The fraction of sp³-hybridized carbons (Fsp3) is 0.188. The zero-order valence-corrected chi connectivity index (χ0v) is 12.2. The molecule has 0 radical (unpaired) electrons. The molecule has 3 aromatic rings. The van der Waals surface area contributed by atoms with Crippen molar-refractivity contribution in [3.05, 3.63) is 53.9 Å². The SMILES string of the molecule is COc1cccc(N=Nc2c(C)nc3ccc(C)cn23)c1. The number of fused-ring (bicyclic) bond motifs is 1. The molecule has 0 N–H and O–H groups in total. The number of benzene rings is 1. The maximum atomic E-state index is 5.18. The number of ether oxygens (including phenoxy) is 1. The Hall–Kier alpha value is -2.69. The first-order valence-electron chi connectivity index (χ1n) is 6.68. The quantitative estimate of drug-likeness (QED) is 0.669. The van der Waals surface area contributed by atoms with Gasteiger partial charge in [-0.2, -0.15) is 0 Å². The Labute approximate surface area is 122 Å². The van der Waals surface area contributed by atoms with Crippen LogP contribution in [0.2, 0.25) is 0 Å². The van der Waals surface area contributed by atoms with Gasteiger partial charge >= 0.3 is 0 Å². The largest absolute Gasteiger partial charge is 0.497 e. The van der Waals surface area contributed by atoms with Crippen LogP contribution in [-0.4, -0.2) is 16.5 Å². The second-order valence-corrected chi connectivity index (χ2v) is 4.86. The first kappa shape index (κ1) is 13.3. The molecule has 2 heterocycles. The van der Waals surface area contributed by atoms with Gasteiger partial charge in [0.25, 0.3) is 0 Å². The molecule has 0 saturated carbocycles. The van der Waals surface area contributed by atoms with E-state index in [2.05, 4.69) is 15.2 Å². The molecule has 1 aromatic carbocycles. The third-order valence-corrected chi connectivity index (χ3v) is 3.22. The zero-order chi connectivity index (χ0) is 14.8. The summed E-state index contributed by atoms with van der Waals surface area (Å²) in [6, 6.07) is 11.5. The van der Waals surface area contributed by atoms with Gasteiger partial charge in [0.2, 0.25) is 0 Å². The Morgan fingerprint density at radius 2 is 1.95 bits per heavy atom. The first-order chi connectivity index (χ1) is 10.2. The number of nitrogens with zero attached hydrogens (tertiary/aromatic N) is 4. The number of aromatic nitrogens is 2. The van der Waals surface area contributed by atoms with E-state index in [9.17, 15) is 0 Å². The van der Waals surface area contributed by atoms with Crippen LogP contribution < -0.4 is 4.74 Å². The highest BCUT2D eigenvalue weighted by Crippen LogP contribution is 2.25. The van der Waals surface area contributed by atoms with E-state index in [0.29, 0.717) is 0 Å². The molecule has 0 aliphatic heterocycles. The summed E-state index contributed by atoms with van der Waals surface area (Å²) in [7, 11) is 1.63. The molecule has 0 bridgehead atoms. The van der Waals surface area contributed by atoms with E-state index in [1.54, 1.807) is 7.11 Å². The molecule has 106 valence electrons. The van der Waals surface area contributed by atoms with Crippen molar-refractivity contribution in [2.75, 3.05) is 7.11 Å². The van der Waals surface area contributed by atoms with Crippen molar-refractivity contribution >= 4 is 17.2 Å². The second-order valence-electron chi connectivity index (χ2n) is 4.86. The van der Waals surface area contributed by atoms with Gasteiger partial charge in [0.1, 0.15) is 11.4 Å².